The molecule has 1 aliphatic carbocycles. The van der Waals surface area contributed by atoms with Gasteiger partial charge in [0.25, 0.3) is 0 Å². The van der Waals surface area contributed by atoms with Crippen molar-refractivity contribution >= 4 is 11.9 Å². The Morgan fingerprint density at radius 3 is 2.71 bits per heavy atom. The van der Waals surface area contributed by atoms with Gasteiger partial charge in [-0.05, 0) is 44.1 Å². The Balaban J connectivity index is 2.23. The van der Waals surface area contributed by atoms with Crippen LogP contribution in [0.5, 0.6) is 0 Å². The third kappa shape index (κ3) is 4.80. The molecule has 94 valence electrons. The predicted octanol–water partition coefficient (Wildman–Crippen LogP) is 1.92. The van der Waals surface area contributed by atoms with Crippen LogP contribution in [0.1, 0.15) is 19.8 Å². The number of ether oxygens (including phenoxy) is 1. The van der Waals surface area contributed by atoms with Crippen LogP contribution in [0.4, 0.5) is 9.18 Å². The molecule has 0 atom stereocenters. The zero-order valence-electron chi connectivity index (χ0n) is 9.74. The Kier molecular flexibility index (Phi) is 4.87. The largest absolute Gasteiger partial charge is 0.450 e. The van der Waals surface area contributed by atoms with E-state index in [1.54, 1.807) is 6.92 Å². The van der Waals surface area contributed by atoms with E-state index >= 15 is 0 Å². The van der Waals surface area contributed by atoms with Crippen molar-refractivity contribution in [2.24, 2.45) is 0 Å². The Morgan fingerprint density at radius 2 is 2.12 bits per heavy atom. The van der Waals surface area contributed by atoms with E-state index in [2.05, 4.69) is 10.1 Å². The number of rotatable bonds is 5. The lowest BCUT2D eigenvalue weighted by atomic mass is 9.94. The van der Waals surface area contributed by atoms with Crippen molar-refractivity contribution in [1.29, 1.82) is 0 Å². The van der Waals surface area contributed by atoms with Gasteiger partial charge in [0.2, 0.25) is 0 Å². The molecule has 0 aromatic carbocycles. The molecule has 1 amide bonds. The molecule has 1 N–H and O–H groups in total. The molecule has 4 nitrogen and oxygen atoms in total. The van der Waals surface area contributed by atoms with Crippen LogP contribution in [-0.2, 0) is 9.53 Å². The van der Waals surface area contributed by atoms with Crippen LogP contribution < -0.4 is 5.32 Å². The zero-order valence-corrected chi connectivity index (χ0v) is 9.74. The predicted molar refractivity (Wildman–Crippen MR) is 61.4 cm³/mol. The highest BCUT2D eigenvalue weighted by Gasteiger charge is 2.25. The number of hydrogen-bond acceptors (Lipinski definition) is 3. The second kappa shape index (κ2) is 6.18. The van der Waals surface area contributed by atoms with Crippen molar-refractivity contribution in [3.05, 3.63) is 24.3 Å². The van der Waals surface area contributed by atoms with E-state index in [0.29, 0.717) is 19.6 Å². The Bertz CT molecular complexity index is 334. The number of alkyl carbamates (subject to hydrolysis) is 1. The van der Waals surface area contributed by atoms with E-state index in [1.807, 2.05) is 0 Å². The van der Waals surface area contributed by atoms with Crippen LogP contribution in [0, 0.1) is 0 Å². The SMILES string of the molecule is CCOC(=O)NCCCC1(F)C=CC(=O)C=C1. The van der Waals surface area contributed by atoms with Crippen LogP contribution in [0.15, 0.2) is 24.3 Å². The van der Waals surface area contributed by atoms with Gasteiger partial charge in [0, 0.05) is 6.54 Å². The summed E-state index contributed by atoms with van der Waals surface area (Å²) in [5.41, 5.74) is -1.58. The summed E-state index contributed by atoms with van der Waals surface area (Å²) in [6.45, 7) is 2.37. The summed E-state index contributed by atoms with van der Waals surface area (Å²) in [5, 5.41) is 2.51. The smallest absolute Gasteiger partial charge is 0.407 e. The van der Waals surface area contributed by atoms with Crippen molar-refractivity contribution < 1.29 is 18.7 Å². The average molecular weight is 241 g/mol. The number of alkyl halides is 1. The number of carbonyl (C=O) groups is 2. The third-order valence-corrected chi connectivity index (χ3v) is 2.33. The lowest BCUT2D eigenvalue weighted by molar-refractivity contribution is -0.110. The molecule has 0 aromatic heterocycles. The maximum atomic E-state index is 13.9. The summed E-state index contributed by atoms with van der Waals surface area (Å²) < 4.78 is 18.6. The van der Waals surface area contributed by atoms with Crippen LogP contribution >= 0.6 is 0 Å². The maximum Gasteiger partial charge on any atom is 0.407 e. The molecule has 0 fully saturated rings. The highest BCUT2D eigenvalue weighted by Crippen LogP contribution is 2.24. The van der Waals surface area contributed by atoms with Gasteiger partial charge in [0.15, 0.2) is 5.78 Å². The molecule has 17 heavy (non-hydrogen) atoms. The molecular weight excluding hydrogens is 225 g/mol. The number of allylic oxidation sites excluding steroid dienone is 4. The Morgan fingerprint density at radius 1 is 1.47 bits per heavy atom. The molecular formula is C12H16FNO3. The molecule has 0 spiro atoms. The molecule has 0 radical (unpaired) electrons. The Labute approximate surface area is 99.5 Å². The minimum absolute atomic E-state index is 0.206. The van der Waals surface area contributed by atoms with Gasteiger partial charge in [-0.3, -0.25) is 4.79 Å². The number of ketones is 1. The molecule has 0 bridgehead atoms. The van der Waals surface area contributed by atoms with E-state index in [0.717, 1.165) is 0 Å². The molecule has 0 saturated carbocycles. The van der Waals surface area contributed by atoms with Crippen LogP contribution in [0.25, 0.3) is 0 Å². The second-order valence-electron chi connectivity index (χ2n) is 3.75. The molecule has 5 heteroatoms. The summed E-state index contributed by atoms with van der Waals surface area (Å²) in [7, 11) is 0. The van der Waals surface area contributed by atoms with E-state index in [-0.39, 0.29) is 12.2 Å². The first kappa shape index (κ1) is 13.4. The van der Waals surface area contributed by atoms with Gasteiger partial charge < -0.3 is 10.1 Å². The van der Waals surface area contributed by atoms with Gasteiger partial charge in [0.1, 0.15) is 5.67 Å². The number of halogens is 1. The lowest BCUT2D eigenvalue weighted by Gasteiger charge is -2.19. The normalized spacial score (nSPS) is 16.9. The monoisotopic (exact) mass is 241 g/mol. The number of nitrogens with one attached hydrogen (secondary N) is 1. The van der Waals surface area contributed by atoms with E-state index in [4.69, 9.17) is 0 Å². The van der Waals surface area contributed by atoms with Gasteiger partial charge in [0.05, 0.1) is 6.61 Å². The van der Waals surface area contributed by atoms with Gasteiger partial charge >= 0.3 is 6.09 Å². The first-order chi connectivity index (χ1) is 8.06. The summed E-state index contributed by atoms with van der Waals surface area (Å²) in [6, 6.07) is 0. The minimum atomic E-state index is -1.58. The van der Waals surface area contributed by atoms with Crippen LogP contribution in [0.3, 0.4) is 0 Å². The fourth-order valence-electron chi connectivity index (χ4n) is 1.45. The van der Waals surface area contributed by atoms with E-state index in [9.17, 15) is 14.0 Å². The average Bonchev–Trinajstić information content (AvgIpc) is 2.30. The maximum absolute atomic E-state index is 13.9. The molecule has 0 heterocycles. The van der Waals surface area contributed by atoms with Gasteiger partial charge in [-0.15, -0.1) is 0 Å². The lowest BCUT2D eigenvalue weighted by Crippen LogP contribution is -2.27. The van der Waals surface area contributed by atoms with Gasteiger partial charge in [-0.25, -0.2) is 9.18 Å². The fourth-order valence-corrected chi connectivity index (χ4v) is 1.45. The number of carbonyl (C=O) groups excluding carboxylic acids is 2. The molecule has 1 aliphatic rings. The highest BCUT2D eigenvalue weighted by molar-refractivity contribution is 6.00. The van der Waals surface area contributed by atoms with Crippen molar-refractivity contribution in [2.45, 2.75) is 25.4 Å². The van der Waals surface area contributed by atoms with Crippen molar-refractivity contribution in [3.63, 3.8) is 0 Å². The summed E-state index contributed by atoms with van der Waals surface area (Å²) in [5.74, 6) is -0.206. The second-order valence-corrected chi connectivity index (χ2v) is 3.75. The minimum Gasteiger partial charge on any atom is -0.450 e. The first-order valence-electron chi connectivity index (χ1n) is 5.58. The summed E-state index contributed by atoms with van der Waals surface area (Å²) in [4.78, 5) is 21.7. The van der Waals surface area contributed by atoms with Crippen molar-refractivity contribution in [2.75, 3.05) is 13.2 Å². The van der Waals surface area contributed by atoms with E-state index < -0.39 is 11.8 Å². The molecule has 1 rings (SSSR count). The van der Waals surface area contributed by atoms with Crippen molar-refractivity contribution in [3.8, 4) is 0 Å². The Hall–Kier alpha value is -1.65. The molecule has 0 unspecified atom stereocenters. The molecule has 0 aromatic rings. The third-order valence-electron chi connectivity index (χ3n) is 2.33. The number of hydrogen-bond donors (Lipinski definition) is 1. The number of amides is 1. The fraction of sp³-hybridized carbons (Fsp3) is 0.500. The van der Waals surface area contributed by atoms with Crippen molar-refractivity contribution in [1.82, 2.24) is 5.32 Å². The summed E-state index contributed by atoms with van der Waals surface area (Å²) in [6.07, 6.45) is 5.14. The quantitative estimate of drug-likeness (QED) is 0.748. The van der Waals surface area contributed by atoms with Crippen LogP contribution in [-0.4, -0.2) is 30.7 Å². The van der Waals surface area contributed by atoms with Gasteiger partial charge in [-0.1, -0.05) is 0 Å². The van der Waals surface area contributed by atoms with Gasteiger partial charge in [-0.2, -0.15) is 0 Å². The topological polar surface area (TPSA) is 55.4 Å². The van der Waals surface area contributed by atoms with E-state index in [1.165, 1.54) is 24.3 Å². The zero-order chi connectivity index (χ0) is 12.7. The first-order valence-corrected chi connectivity index (χ1v) is 5.58. The summed E-state index contributed by atoms with van der Waals surface area (Å²) >= 11 is 0. The van der Waals surface area contributed by atoms with Crippen LogP contribution in [0.2, 0.25) is 0 Å². The standard InChI is InChI=1S/C12H16FNO3/c1-2-17-11(16)14-9-3-6-12(13)7-4-10(15)5-8-12/h4-5,7-8H,2-3,6,9H2,1H3,(H,14,16). The molecule has 0 saturated heterocycles. The highest BCUT2D eigenvalue weighted by atomic mass is 19.1. The molecule has 0 aliphatic heterocycles.